The van der Waals surface area contributed by atoms with Crippen molar-refractivity contribution in [3.8, 4) is 0 Å². The van der Waals surface area contributed by atoms with Gasteiger partial charge in [0.15, 0.2) is 0 Å². The predicted molar refractivity (Wildman–Crippen MR) is 133 cm³/mol. The van der Waals surface area contributed by atoms with Crippen molar-refractivity contribution in [2.24, 2.45) is 56.7 Å². The Balaban J connectivity index is 1.57. The maximum absolute atomic E-state index is 12.8. The van der Waals surface area contributed by atoms with Gasteiger partial charge in [0, 0.05) is 0 Å². The third kappa shape index (κ3) is 2.75. The Morgan fingerprint density at radius 3 is 2.15 bits per heavy atom. The molecular weight excluding hydrogens is 408 g/mol. The molecule has 5 rings (SSSR count). The number of carboxylic acid groups (broad SMARTS) is 1. The van der Waals surface area contributed by atoms with Gasteiger partial charge in [-0.15, -0.1) is 0 Å². The summed E-state index contributed by atoms with van der Waals surface area (Å²) in [6.07, 6.45) is 10.5. The Morgan fingerprint density at radius 1 is 0.818 bits per heavy atom. The lowest BCUT2D eigenvalue weighted by atomic mass is 9.32. The number of hydrogen-bond acceptors (Lipinski definition) is 2. The van der Waals surface area contributed by atoms with Crippen molar-refractivity contribution in [2.75, 3.05) is 0 Å². The molecule has 0 aromatic rings. The summed E-state index contributed by atoms with van der Waals surface area (Å²) in [5.41, 5.74) is 1.35. The lowest BCUT2D eigenvalue weighted by Gasteiger charge is -2.72. The highest BCUT2D eigenvalue weighted by Gasteiger charge is 2.71. The monoisotopic (exact) mass is 456 g/mol. The lowest BCUT2D eigenvalue weighted by Crippen LogP contribution is -2.67. The van der Waals surface area contributed by atoms with Crippen LogP contribution >= 0.6 is 0 Å². The summed E-state index contributed by atoms with van der Waals surface area (Å²) in [6.45, 7) is 18.8. The van der Waals surface area contributed by atoms with Crippen LogP contribution in [0.5, 0.6) is 0 Å². The molecule has 0 saturated heterocycles. The molecule has 5 saturated carbocycles. The summed E-state index contributed by atoms with van der Waals surface area (Å²) in [5.74, 6) is 1.79. The van der Waals surface area contributed by atoms with Crippen molar-refractivity contribution in [2.45, 2.75) is 112 Å². The molecule has 3 nitrogen and oxygen atoms in total. The van der Waals surface area contributed by atoms with Crippen LogP contribution in [0.25, 0.3) is 0 Å². The molecule has 0 bridgehead atoms. The van der Waals surface area contributed by atoms with Crippen LogP contribution in [0.3, 0.4) is 0 Å². The van der Waals surface area contributed by atoms with E-state index in [0.717, 1.165) is 38.5 Å². The number of rotatable bonds is 2. The molecule has 5 fully saturated rings. The SMILES string of the molecule is C=C(C)[C@@H]1CC[C@@]2(C(=O)O)CC[C@@]3(C)[C@H](CC[C@H]4[C@@]5(C)CC[C@H](O)C(C)(C)[C@H]5CC[C@]43C)[C@H]12. The number of fused-ring (bicyclic) bond motifs is 7. The minimum absolute atomic E-state index is 0.0202. The molecule has 3 heteroatoms. The van der Waals surface area contributed by atoms with E-state index in [4.69, 9.17) is 0 Å². The second-order valence-electron chi connectivity index (χ2n) is 14.5. The number of aliphatic hydroxyl groups excluding tert-OH is 1. The fraction of sp³-hybridized carbons (Fsp3) is 0.900. The minimum Gasteiger partial charge on any atom is -0.481 e. The topological polar surface area (TPSA) is 57.5 Å². The van der Waals surface area contributed by atoms with Crippen LogP contribution in [-0.2, 0) is 4.79 Å². The minimum atomic E-state index is -0.538. The van der Waals surface area contributed by atoms with Gasteiger partial charge in [-0.3, -0.25) is 4.79 Å². The Morgan fingerprint density at radius 2 is 1.52 bits per heavy atom. The van der Waals surface area contributed by atoms with Crippen molar-refractivity contribution in [3.63, 3.8) is 0 Å². The first-order valence-electron chi connectivity index (χ1n) is 13.8. The van der Waals surface area contributed by atoms with Gasteiger partial charge in [0.05, 0.1) is 11.5 Å². The molecule has 186 valence electrons. The molecule has 0 spiro atoms. The fourth-order valence-electron chi connectivity index (χ4n) is 11.5. The van der Waals surface area contributed by atoms with Gasteiger partial charge in [-0.1, -0.05) is 46.8 Å². The smallest absolute Gasteiger partial charge is 0.309 e. The van der Waals surface area contributed by atoms with Crippen LogP contribution in [0, 0.1) is 56.7 Å². The van der Waals surface area contributed by atoms with E-state index in [1.165, 1.54) is 31.3 Å². The first-order valence-corrected chi connectivity index (χ1v) is 13.8. The molecule has 0 aliphatic heterocycles. The number of allylic oxidation sites excluding steroid dienone is 1. The highest BCUT2D eigenvalue weighted by molar-refractivity contribution is 5.76. The number of aliphatic carboxylic acids is 1. The summed E-state index contributed by atoms with van der Waals surface area (Å²) in [5, 5.41) is 21.4. The van der Waals surface area contributed by atoms with E-state index >= 15 is 0 Å². The van der Waals surface area contributed by atoms with Crippen LogP contribution in [0.15, 0.2) is 12.2 Å². The van der Waals surface area contributed by atoms with Crippen molar-refractivity contribution in [3.05, 3.63) is 12.2 Å². The van der Waals surface area contributed by atoms with Gasteiger partial charge >= 0.3 is 5.97 Å². The summed E-state index contributed by atoms with van der Waals surface area (Å²) < 4.78 is 0. The van der Waals surface area contributed by atoms with E-state index in [2.05, 4.69) is 48.1 Å². The van der Waals surface area contributed by atoms with Crippen molar-refractivity contribution in [1.82, 2.24) is 0 Å². The standard InChI is InChI=1S/C30H48O3/c1-18(2)19-10-15-30(25(32)33)17-16-28(6)20(24(19)30)8-9-22-27(5)13-12-23(31)26(3,4)21(27)11-14-29(22,28)7/h19-24,31H,1,8-17H2,2-7H3,(H,32,33)/t19-,20+,21+,22-,23-,24-,27-,28-,29+,30+/m0/s1. The molecule has 0 amide bonds. The molecule has 0 aromatic carbocycles. The van der Waals surface area contributed by atoms with E-state index in [-0.39, 0.29) is 33.7 Å². The van der Waals surface area contributed by atoms with Crippen LogP contribution in [0.2, 0.25) is 0 Å². The Kier molecular flexibility index (Phi) is 5.15. The number of hydrogen-bond donors (Lipinski definition) is 2. The molecule has 5 aliphatic rings. The van der Waals surface area contributed by atoms with Gasteiger partial charge in [0.25, 0.3) is 0 Å². The maximum Gasteiger partial charge on any atom is 0.309 e. The van der Waals surface area contributed by atoms with Crippen molar-refractivity contribution >= 4 is 5.97 Å². The highest BCUT2D eigenvalue weighted by atomic mass is 16.4. The Hall–Kier alpha value is -0.830. The van der Waals surface area contributed by atoms with E-state index < -0.39 is 11.4 Å². The van der Waals surface area contributed by atoms with Crippen molar-refractivity contribution < 1.29 is 15.0 Å². The third-order valence-electron chi connectivity index (χ3n) is 13.5. The molecule has 2 N–H and O–H groups in total. The van der Waals surface area contributed by atoms with Gasteiger partial charge < -0.3 is 10.2 Å². The largest absolute Gasteiger partial charge is 0.481 e. The zero-order valence-electron chi connectivity index (χ0n) is 22.0. The molecule has 0 aromatic heterocycles. The van der Waals surface area contributed by atoms with Crippen LogP contribution in [0.4, 0.5) is 0 Å². The van der Waals surface area contributed by atoms with Crippen LogP contribution < -0.4 is 0 Å². The Labute approximate surface area is 201 Å². The second kappa shape index (κ2) is 7.11. The van der Waals surface area contributed by atoms with Gasteiger partial charge in [0.1, 0.15) is 0 Å². The maximum atomic E-state index is 12.8. The predicted octanol–water partition coefficient (Wildman–Crippen LogP) is 7.09. The number of aliphatic hydroxyl groups is 1. The van der Waals surface area contributed by atoms with Crippen LogP contribution in [-0.4, -0.2) is 22.3 Å². The zero-order chi connectivity index (χ0) is 24.2. The number of carbonyl (C=O) groups is 1. The first-order chi connectivity index (χ1) is 15.3. The highest BCUT2D eigenvalue weighted by Crippen LogP contribution is 2.77. The number of carboxylic acids is 1. The van der Waals surface area contributed by atoms with Gasteiger partial charge in [-0.05, 0) is 122 Å². The zero-order valence-corrected chi connectivity index (χ0v) is 22.0. The van der Waals surface area contributed by atoms with Gasteiger partial charge in [0.2, 0.25) is 0 Å². The normalized spacial score (nSPS) is 55.0. The average Bonchev–Trinajstić information content (AvgIpc) is 3.13. The Bertz CT molecular complexity index is 861. The molecule has 5 aliphatic carbocycles. The summed E-state index contributed by atoms with van der Waals surface area (Å²) in [4.78, 5) is 12.8. The molecule has 0 unspecified atom stereocenters. The first kappa shape index (κ1) is 23.9. The van der Waals surface area contributed by atoms with Crippen LogP contribution in [0.1, 0.15) is 106 Å². The summed E-state index contributed by atoms with van der Waals surface area (Å²) in [6, 6.07) is 0. The molecule has 0 heterocycles. The second-order valence-corrected chi connectivity index (χ2v) is 14.5. The molecule has 0 radical (unpaired) electrons. The van der Waals surface area contributed by atoms with E-state index in [9.17, 15) is 15.0 Å². The van der Waals surface area contributed by atoms with E-state index in [1.54, 1.807) is 0 Å². The van der Waals surface area contributed by atoms with Gasteiger partial charge in [-0.2, -0.15) is 0 Å². The summed E-state index contributed by atoms with van der Waals surface area (Å²) in [7, 11) is 0. The average molecular weight is 457 g/mol. The quantitative estimate of drug-likeness (QED) is 0.436. The lowest BCUT2D eigenvalue weighted by molar-refractivity contribution is -0.248. The third-order valence-corrected chi connectivity index (χ3v) is 13.5. The molecule has 10 atom stereocenters. The van der Waals surface area contributed by atoms with E-state index in [1.807, 2.05) is 0 Å². The summed E-state index contributed by atoms with van der Waals surface area (Å²) >= 11 is 0. The van der Waals surface area contributed by atoms with Crippen molar-refractivity contribution in [1.29, 1.82) is 0 Å². The van der Waals surface area contributed by atoms with E-state index in [0.29, 0.717) is 23.7 Å². The van der Waals surface area contributed by atoms with Gasteiger partial charge in [-0.25, -0.2) is 0 Å². The molecular formula is C30H48O3. The fourth-order valence-corrected chi connectivity index (χ4v) is 11.5. The molecule has 33 heavy (non-hydrogen) atoms.